The topological polar surface area (TPSA) is 49.4 Å². The van der Waals surface area contributed by atoms with Crippen molar-refractivity contribution in [3.05, 3.63) is 64.1 Å². The fraction of sp³-hybridized carbons (Fsp3) is 0.333. The quantitative estimate of drug-likeness (QED) is 0.640. The van der Waals surface area contributed by atoms with Gasteiger partial charge in [0.2, 0.25) is 11.8 Å². The summed E-state index contributed by atoms with van der Waals surface area (Å²) in [4.78, 5) is 27.1. The summed E-state index contributed by atoms with van der Waals surface area (Å²) in [6, 6.07) is 14.7. The molecular formula is C21H24Cl2N2O2. The second-order valence-corrected chi connectivity index (χ2v) is 7.06. The Morgan fingerprint density at radius 1 is 1.00 bits per heavy atom. The summed E-state index contributed by atoms with van der Waals surface area (Å²) in [5, 5.41) is 3.43. The van der Waals surface area contributed by atoms with Gasteiger partial charge in [-0.15, -0.1) is 0 Å². The first-order valence-electron chi connectivity index (χ1n) is 9.05. The molecular weight excluding hydrogens is 383 g/mol. The van der Waals surface area contributed by atoms with Gasteiger partial charge in [0, 0.05) is 6.54 Å². The average Bonchev–Trinajstić information content (AvgIpc) is 2.67. The van der Waals surface area contributed by atoms with E-state index in [9.17, 15) is 9.59 Å². The van der Waals surface area contributed by atoms with Crippen molar-refractivity contribution >= 4 is 40.7 Å². The first-order chi connectivity index (χ1) is 13.0. The first kappa shape index (κ1) is 21.3. The predicted octanol–water partition coefficient (Wildman–Crippen LogP) is 5.36. The predicted molar refractivity (Wildman–Crippen MR) is 111 cm³/mol. The number of rotatable bonds is 8. The maximum Gasteiger partial charge on any atom is 0.244 e. The summed E-state index contributed by atoms with van der Waals surface area (Å²) < 4.78 is 0. The van der Waals surface area contributed by atoms with Gasteiger partial charge in [0.1, 0.15) is 0 Å². The Balaban J connectivity index is 2.12. The number of nitrogens with zero attached hydrogens (tertiary/aromatic N) is 1. The second-order valence-electron chi connectivity index (χ2n) is 6.25. The number of hydrogen-bond acceptors (Lipinski definition) is 2. The highest BCUT2D eigenvalue weighted by atomic mass is 35.5. The third kappa shape index (κ3) is 5.72. The summed E-state index contributed by atoms with van der Waals surface area (Å²) >= 11 is 12.2. The van der Waals surface area contributed by atoms with Crippen LogP contribution in [0.5, 0.6) is 0 Å². The van der Waals surface area contributed by atoms with E-state index in [4.69, 9.17) is 23.2 Å². The van der Waals surface area contributed by atoms with Crippen LogP contribution in [0.2, 0.25) is 10.0 Å². The Morgan fingerprint density at radius 2 is 1.63 bits per heavy atom. The summed E-state index contributed by atoms with van der Waals surface area (Å²) in [5.41, 5.74) is 1.33. The Labute approximate surface area is 170 Å². The molecule has 0 spiro atoms. The van der Waals surface area contributed by atoms with Gasteiger partial charge in [0.15, 0.2) is 0 Å². The average molecular weight is 407 g/mol. The Kier molecular flexibility index (Phi) is 8.14. The van der Waals surface area contributed by atoms with Gasteiger partial charge in [0.05, 0.1) is 28.2 Å². The molecule has 1 atom stereocenters. The normalized spacial score (nSPS) is 11.7. The molecule has 0 saturated heterocycles. The molecule has 0 aromatic heterocycles. The first-order valence-corrected chi connectivity index (χ1v) is 9.81. The lowest BCUT2D eigenvalue weighted by Gasteiger charge is -2.26. The number of benzene rings is 2. The number of carbonyl (C=O) groups excluding carboxylic acids is 2. The molecule has 0 saturated carbocycles. The Hall–Kier alpha value is -2.04. The molecule has 2 rings (SSSR count). The number of nitrogens with one attached hydrogen (secondary N) is 1. The van der Waals surface area contributed by atoms with E-state index in [2.05, 4.69) is 5.32 Å². The van der Waals surface area contributed by atoms with Gasteiger partial charge in [-0.1, -0.05) is 72.9 Å². The zero-order valence-electron chi connectivity index (χ0n) is 15.5. The molecule has 0 bridgehead atoms. The lowest BCUT2D eigenvalue weighted by molar-refractivity contribution is -0.136. The number of anilines is 1. The van der Waals surface area contributed by atoms with E-state index in [0.29, 0.717) is 22.3 Å². The molecule has 0 radical (unpaired) electrons. The molecule has 0 aliphatic carbocycles. The molecule has 0 heterocycles. The van der Waals surface area contributed by atoms with E-state index in [-0.39, 0.29) is 24.3 Å². The zero-order valence-corrected chi connectivity index (χ0v) is 17.1. The van der Waals surface area contributed by atoms with E-state index in [0.717, 1.165) is 18.4 Å². The largest absolute Gasteiger partial charge is 0.333 e. The molecule has 1 N–H and O–H groups in total. The van der Waals surface area contributed by atoms with Crippen molar-refractivity contribution in [3.63, 3.8) is 0 Å². The van der Waals surface area contributed by atoms with Crippen molar-refractivity contribution in [2.75, 3.05) is 18.4 Å². The smallest absolute Gasteiger partial charge is 0.244 e. The third-order valence-electron chi connectivity index (χ3n) is 4.33. The molecule has 2 aromatic rings. The van der Waals surface area contributed by atoms with Gasteiger partial charge in [-0.25, -0.2) is 0 Å². The van der Waals surface area contributed by atoms with Crippen molar-refractivity contribution in [3.8, 4) is 0 Å². The highest BCUT2D eigenvalue weighted by Gasteiger charge is 2.26. The molecule has 0 aliphatic rings. The SMILES string of the molecule is CCCC(C(=O)N(CC)CC(=O)Nc1c(Cl)cccc1Cl)c1ccccc1. The summed E-state index contributed by atoms with van der Waals surface area (Å²) in [6.07, 6.45) is 1.61. The van der Waals surface area contributed by atoms with Crippen LogP contribution in [0, 0.1) is 0 Å². The van der Waals surface area contributed by atoms with Crippen LogP contribution in [0.4, 0.5) is 5.69 Å². The maximum atomic E-state index is 13.1. The Morgan fingerprint density at radius 3 is 2.19 bits per heavy atom. The fourth-order valence-electron chi connectivity index (χ4n) is 2.94. The number of halogens is 2. The highest BCUT2D eigenvalue weighted by Crippen LogP contribution is 2.30. The van der Waals surface area contributed by atoms with E-state index >= 15 is 0 Å². The van der Waals surface area contributed by atoms with Crippen LogP contribution >= 0.6 is 23.2 Å². The van der Waals surface area contributed by atoms with Crippen molar-refractivity contribution in [1.82, 2.24) is 4.90 Å². The maximum absolute atomic E-state index is 13.1. The van der Waals surface area contributed by atoms with Crippen LogP contribution in [0.15, 0.2) is 48.5 Å². The third-order valence-corrected chi connectivity index (χ3v) is 4.96. The van der Waals surface area contributed by atoms with Gasteiger partial charge < -0.3 is 10.2 Å². The molecule has 1 unspecified atom stereocenters. The van der Waals surface area contributed by atoms with Crippen LogP contribution < -0.4 is 5.32 Å². The number of amides is 2. The van der Waals surface area contributed by atoms with Gasteiger partial charge >= 0.3 is 0 Å². The zero-order chi connectivity index (χ0) is 19.8. The van der Waals surface area contributed by atoms with Crippen molar-refractivity contribution in [1.29, 1.82) is 0 Å². The van der Waals surface area contributed by atoms with Crippen molar-refractivity contribution in [2.24, 2.45) is 0 Å². The van der Waals surface area contributed by atoms with Crippen LogP contribution in [-0.4, -0.2) is 29.8 Å². The van der Waals surface area contributed by atoms with Gasteiger partial charge in [0.25, 0.3) is 0 Å². The number of carbonyl (C=O) groups is 2. The number of hydrogen-bond donors (Lipinski definition) is 1. The van der Waals surface area contributed by atoms with E-state index in [1.807, 2.05) is 44.2 Å². The minimum atomic E-state index is -0.330. The van der Waals surface area contributed by atoms with Crippen LogP contribution in [0.3, 0.4) is 0 Å². The van der Waals surface area contributed by atoms with Crippen molar-refractivity contribution in [2.45, 2.75) is 32.6 Å². The van der Waals surface area contributed by atoms with E-state index in [1.165, 1.54) is 0 Å². The van der Waals surface area contributed by atoms with Gasteiger partial charge in [-0.05, 0) is 31.0 Å². The second kappa shape index (κ2) is 10.3. The summed E-state index contributed by atoms with van der Waals surface area (Å²) in [7, 11) is 0. The van der Waals surface area contributed by atoms with Gasteiger partial charge in [-0.3, -0.25) is 9.59 Å². The monoisotopic (exact) mass is 406 g/mol. The summed E-state index contributed by atoms with van der Waals surface area (Å²) in [5.74, 6) is -0.637. The molecule has 144 valence electrons. The molecule has 2 aromatic carbocycles. The lowest BCUT2D eigenvalue weighted by Crippen LogP contribution is -2.40. The van der Waals surface area contributed by atoms with E-state index < -0.39 is 0 Å². The van der Waals surface area contributed by atoms with Crippen LogP contribution in [0.25, 0.3) is 0 Å². The lowest BCUT2D eigenvalue weighted by atomic mass is 9.93. The minimum absolute atomic E-state index is 0.0500. The number of para-hydroxylation sites is 1. The summed E-state index contributed by atoms with van der Waals surface area (Å²) in [6.45, 7) is 4.30. The molecule has 0 aliphatic heterocycles. The standard InChI is InChI=1S/C21H24Cl2N2O2/c1-3-9-16(15-10-6-5-7-11-15)21(27)25(4-2)14-19(26)24-20-17(22)12-8-13-18(20)23/h5-8,10-13,16H,3-4,9,14H2,1-2H3,(H,24,26). The Bertz CT molecular complexity index is 761. The molecule has 4 nitrogen and oxygen atoms in total. The van der Waals surface area contributed by atoms with E-state index in [1.54, 1.807) is 23.1 Å². The fourth-order valence-corrected chi connectivity index (χ4v) is 3.43. The molecule has 0 fully saturated rings. The van der Waals surface area contributed by atoms with Crippen LogP contribution in [-0.2, 0) is 9.59 Å². The molecule has 2 amide bonds. The molecule has 27 heavy (non-hydrogen) atoms. The molecule has 6 heteroatoms. The van der Waals surface area contributed by atoms with Gasteiger partial charge in [-0.2, -0.15) is 0 Å². The van der Waals surface area contributed by atoms with Crippen molar-refractivity contribution < 1.29 is 9.59 Å². The minimum Gasteiger partial charge on any atom is -0.333 e. The highest BCUT2D eigenvalue weighted by molar-refractivity contribution is 6.39. The number of likely N-dealkylation sites (N-methyl/N-ethyl adjacent to an activating group) is 1. The van der Waals surface area contributed by atoms with Crippen LogP contribution in [0.1, 0.15) is 38.2 Å².